The number of ether oxygens (including phenoxy) is 3. The fourth-order valence-corrected chi connectivity index (χ4v) is 2.13. The van der Waals surface area contributed by atoms with Gasteiger partial charge in [-0.25, -0.2) is 0 Å². The summed E-state index contributed by atoms with van der Waals surface area (Å²) < 4.78 is 16.2. The molecule has 0 spiro atoms. The van der Waals surface area contributed by atoms with Crippen molar-refractivity contribution in [3.63, 3.8) is 0 Å². The summed E-state index contributed by atoms with van der Waals surface area (Å²) in [6.07, 6.45) is 0.874. The Morgan fingerprint density at radius 2 is 1.61 bits per heavy atom. The topological polar surface area (TPSA) is 53.7 Å². The molecule has 2 N–H and O–H groups in total. The van der Waals surface area contributed by atoms with Crippen LogP contribution in [-0.2, 0) is 5.41 Å². The van der Waals surface area contributed by atoms with Crippen molar-refractivity contribution in [2.24, 2.45) is 5.73 Å². The Morgan fingerprint density at radius 1 is 1.00 bits per heavy atom. The molecule has 4 heteroatoms. The lowest BCUT2D eigenvalue weighted by molar-refractivity contribution is 0.315. The van der Waals surface area contributed by atoms with Gasteiger partial charge in [-0.15, -0.1) is 0 Å². The summed E-state index contributed by atoms with van der Waals surface area (Å²) in [7, 11) is 4.86. The van der Waals surface area contributed by atoms with Crippen LogP contribution in [0.5, 0.6) is 17.2 Å². The van der Waals surface area contributed by atoms with Crippen LogP contribution in [0.4, 0.5) is 0 Å². The number of nitrogens with two attached hydrogens (primary N) is 1. The van der Waals surface area contributed by atoms with Gasteiger partial charge in [0.2, 0.25) is 5.75 Å². The van der Waals surface area contributed by atoms with Crippen LogP contribution < -0.4 is 19.9 Å². The highest BCUT2D eigenvalue weighted by Gasteiger charge is 2.27. The first-order valence-corrected chi connectivity index (χ1v) is 6.01. The highest BCUT2D eigenvalue weighted by Crippen LogP contribution is 2.45. The Kier molecular flexibility index (Phi) is 4.84. The normalized spacial score (nSPS) is 11.2. The average molecular weight is 253 g/mol. The van der Waals surface area contributed by atoms with E-state index in [-0.39, 0.29) is 5.41 Å². The van der Waals surface area contributed by atoms with Crippen LogP contribution in [0.25, 0.3) is 0 Å². The van der Waals surface area contributed by atoms with Crippen molar-refractivity contribution in [3.05, 3.63) is 17.7 Å². The lowest BCUT2D eigenvalue weighted by atomic mass is 9.81. The third-order valence-corrected chi connectivity index (χ3v) is 3.20. The molecule has 0 radical (unpaired) electrons. The van der Waals surface area contributed by atoms with Gasteiger partial charge < -0.3 is 19.9 Å². The van der Waals surface area contributed by atoms with E-state index in [1.807, 2.05) is 12.1 Å². The minimum Gasteiger partial charge on any atom is -0.493 e. The Bertz CT molecular complexity index is 402. The van der Waals surface area contributed by atoms with E-state index in [4.69, 9.17) is 19.9 Å². The second kappa shape index (κ2) is 5.96. The van der Waals surface area contributed by atoms with E-state index in [0.717, 1.165) is 17.7 Å². The van der Waals surface area contributed by atoms with Crippen molar-refractivity contribution in [2.45, 2.75) is 25.7 Å². The van der Waals surface area contributed by atoms with Gasteiger partial charge in [-0.05, 0) is 24.4 Å². The van der Waals surface area contributed by atoms with Gasteiger partial charge in [-0.1, -0.05) is 19.9 Å². The SMILES string of the molecule is COc1ccc(C(C)(C)CCN)c(OC)c1OC. The number of methoxy groups -OCH3 is 3. The quantitative estimate of drug-likeness (QED) is 0.845. The molecule has 0 unspecified atom stereocenters. The second-order valence-corrected chi connectivity index (χ2v) is 4.80. The van der Waals surface area contributed by atoms with Gasteiger partial charge in [-0.2, -0.15) is 0 Å². The first-order valence-electron chi connectivity index (χ1n) is 6.01. The lowest BCUT2D eigenvalue weighted by Crippen LogP contribution is -2.22. The first kappa shape index (κ1) is 14.6. The highest BCUT2D eigenvalue weighted by molar-refractivity contribution is 5.57. The maximum atomic E-state index is 5.67. The average Bonchev–Trinajstić information content (AvgIpc) is 2.36. The summed E-state index contributed by atoms with van der Waals surface area (Å²) >= 11 is 0. The Labute approximate surface area is 109 Å². The number of rotatable bonds is 6. The summed E-state index contributed by atoms with van der Waals surface area (Å²) in [6.45, 7) is 4.91. The maximum absolute atomic E-state index is 5.67. The van der Waals surface area contributed by atoms with Crippen LogP contribution >= 0.6 is 0 Å². The van der Waals surface area contributed by atoms with Crippen molar-refractivity contribution in [1.29, 1.82) is 0 Å². The van der Waals surface area contributed by atoms with Crippen molar-refractivity contribution in [3.8, 4) is 17.2 Å². The zero-order valence-corrected chi connectivity index (χ0v) is 11.9. The Hall–Kier alpha value is -1.42. The summed E-state index contributed by atoms with van der Waals surface area (Å²) in [5, 5.41) is 0. The Morgan fingerprint density at radius 3 is 2.06 bits per heavy atom. The molecule has 1 aromatic carbocycles. The van der Waals surface area contributed by atoms with Gasteiger partial charge in [0.25, 0.3) is 0 Å². The van der Waals surface area contributed by atoms with Crippen molar-refractivity contribution in [2.75, 3.05) is 27.9 Å². The molecule has 4 nitrogen and oxygen atoms in total. The molecule has 1 rings (SSSR count). The molecule has 0 amide bonds. The van der Waals surface area contributed by atoms with Crippen molar-refractivity contribution < 1.29 is 14.2 Å². The highest BCUT2D eigenvalue weighted by atomic mass is 16.5. The zero-order valence-electron chi connectivity index (χ0n) is 11.9. The smallest absolute Gasteiger partial charge is 0.203 e. The molecule has 0 atom stereocenters. The molecule has 0 saturated carbocycles. The van der Waals surface area contributed by atoms with E-state index in [9.17, 15) is 0 Å². The second-order valence-electron chi connectivity index (χ2n) is 4.80. The predicted molar refractivity (Wildman–Crippen MR) is 72.8 cm³/mol. The monoisotopic (exact) mass is 253 g/mol. The molecule has 0 aliphatic heterocycles. The molecule has 18 heavy (non-hydrogen) atoms. The molecule has 0 aliphatic rings. The van der Waals surface area contributed by atoms with E-state index in [1.54, 1.807) is 21.3 Å². The minimum atomic E-state index is -0.0698. The van der Waals surface area contributed by atoms with Crippen LogP contribution in [0.15, 0.2) is 12.1 Å². The summed E-state index contributed by atoms with van der Waals surface area (Å²) in [5.41, 5.74) is 6.68. The number of benzene rings is 1. The van der Waals surface area contributed by atoms with Gasteiger partial charge in [0, 0.05) is 5.56 Å². The van der Waals surface area contributed by atoms with Gasteiger partial charge >= 0.3 is 0 Å². The molecule has 0 heterocycles. The number of hydrogen-bond acceptors (Lipinski definition) is 4. The number of hydrogen-bond donors (Lipinski definition) is 1. The summed E-state index contributed by atoms with van der Waals surface area (Å²) in [5.74, 6) is 2.01. The summed E-state index contributed by atoms with van der Waals surface area (Å²) in [4.78, 5) is 0. The van der Waals surface area contributed by atoms with Crippen molar-refractivity contribution >= 4 is 0 Å². The molecular weight excluding hydrogens is 230 g/mol. The predicted octanol–water partition coefficient (Wildman–Crippen LogP) is 2.34. The first-order chi connectivity index (χ1) is 8.51. The van der Waals surface area contributed by atoms with E-state index >= 15 is 0 Å². The maximum Gasteiger partial charge on any atom is 0.203 e. The van der Waals surface area contributed by atoms with Crippen LogP contribution in [0.2, 0.25) is 0 Å². The standard InChI is InChI=1S/C14H23NO3/c1-14(2,8-9-15)10-6-7-11(16-3)13(18-5)12(10)17-4/h6-7H,8-9,15H2,1-5H3. The van der Waals surface area contributed by atoms with E-state index in [2.05, 4.69) is 13.8 Å². The van der Waals surface area contributed by atoms with Gasteiger partial charge in [-0.3, -0.25) is 0 Å². The molecule has 0 aromatic heterocycles. The molecule has 0 bridgehead atoms. The molecule has 0 fully saturated rings. The molecule has 102 valence electrons. The fraction of sp³-hybridized carbons (Fsp3) is 0.571. The van der Waals surface area contributed by atoms with E-state index in [1.165, 1.54) is 0 Å². The van der Waals surface area contributed by atoms with Crippen LogP contribution in [-0.4, -0.2) is 27.9 Å². The lowest BCUT2D eigenvalue weighted by Gasteiger charge is -2.28. The zero-order chi connectivity index (χ0) is 13.8. The Balaban J connectivity index is 3.37. The van der Waals surface area contributed by atoms with E-state index in [0.29, 0.717) is 18.0 Å². The van der Waals surface area contributed by atoms with Crippen LogP contribution in [0, 0.1) is 0 Å². The van der Waals surface area contributed by atoms with Gasteiger partial charge in [0.1, 0.15) is 0 Å². The largest absolute Gasteiger partial charge is 0.493 e. The minimum absolute atomic E-state index is 0.0698. The van der Waals surface area contributed by atoms with Gasteiger partial charge in [0.05, 0.1) is 21.3 Å². The van der Waals surface area contributed by atoms with Gasteiger partial charge in [0.15, 0.2) is 11.5 Å². The summed E-state index contributed by atoms with van der Waals surface area (Å²) in [6, 6.07) is 3.91. The molecule has 0 aliphatic carbocycles. The molecular formula is C14H23NO3. The third kappa shape index (κ3) is 2.70. The van der Waals surface area contributed by atoms with Crippen LogP contribution in [0.1, 0.15) is 25.8 Å². The third-order valence-electron chi connectivity index (χ3n) is 3.20. The van der Waals surface area contributed by atoms with E-state index < -0.39 is 0 Å². The molecule has 0 saturated heterocycles. The fourth-order valence-electron chi connectivity index (χ4n) is 2.13. The van der Waals surface area contributed by atoms with Crippen molar-refractivity contribution in [1.82, 2.24) is 0 Å². The van der Waals surface area contributed by atoms with Crippen LogP contribution in [0.3, 0.4) is 0 Å². The molecule has 1 aromatic rings.